The van der Waals surface area contributed by atoms with Crippen molar-refractivity contribution in [2.45, 2.75) is 13.5 Å². The van der Waals surface area contributed by atoms with E-state index in [0.717, 1.165) is 9.26 Å². The zero-order chi connectivity index (χ0) is 10.8. The van der Waals surface area contributed by atoms with Gasteiger partial charge in [-0.15, -0.1) is 0 Å². The standard InChI is InChI=1S/C11H12IN3/c1-8-4-11(3-2-9(8)5-13)15-7-10(12)6-14-15/h2-4,6-7H,5,13H2,1H3. The SMILES string of the molecule is Cc1cc(-n2cc(I)cn2)ccc1CN. The van der Waals surface area contributed by atoms with Crippen LogP contribution in [0.3, 0.4) is 0 Å². The van der Waals surface area contributed by atoms with E-state index in [1.807, 2.05) is 23.1 Å². The lowest BCUT2D eigenvalue weighted by Crippen LogP contribution is -2.01. The molecular formula is C11H12IN3. The number of hydrogen-bond donors (Lipinski definition) is 1. The highest BCUT2D eigenvalue weighted by molar-refractivity contribution is 14.1. The lowest BCUT2D eigenvalue weighted by molar-refractivity contribution is 0.876. The van der Waals surface area contributed by atoms with Crippen molar-refractivity contribution >= 4 is 22.6 Å². The van der Waals surface area contributed by atoms with Gasteiger partial charge in [0.15, 0.2) is 0 Å². The van der Waals surface area contributed by atoms with E-state index in [9.17, 15) is 0 Å². The molecule has 78 valence electrons. The minimum Gasteiger partial charge on any atom is -0.326 e. The van der Waals surface area contributed by atoms with Crippen LogP contribution in [0.2, 0.25) is 0 Å². The largest absolute Gasteiger partial charge is 0.326 e. The first-order valence-electron chi connectivity index (χ1n) is 4.71. The van der Waals surface area contributed by atoms with E-state index in [1.165, 1.54) is 11.1 Å². The fourth-order valence-electron chi connectivity index (χ4n) is 1.49. The molecule has 2 aromatic rings. The summed E-state index contributed by atoms with van der Waals surface area (Å²) in [6, 6.07) is 6.20. The zero-order valence-electron chi connectivity index (χ0n) is 8.44. The van der Waals surface area contributed by atoms with Gasteiger partial charge in [0.1, 0.15) is 0 Å². The Hall–Kier alpha value is -0.880. The van der Waals surface area contributed by atoms with Crippen LogP contribution in [0.25, 0.3) is 5.69 Å². The predicted octanol–water partition coefficient (Wildman–Crippen LogP) is 2.24. The molecule has 0 aliphatic rings. The Kier molecular flexibility index (Phi) is 3.06. The van der Waals surface area contributed by atoms with Gasteiger partial charge in [-0.3, -0.25) is 0 Å². The van der Waals surface area contributed by atoms with Crippen LogP contribution < -0.4 is 5.73 Å². The van der Waals surface area contributed by atoms with E-state index in [4.69, 9.17) is 5.73 Å². The van der Waals surface area contributed by atoms with Gasteiger partial charge in [0.05, 0.1) is 15.5 Å². The molecule has 0 saturated carbocycles. The van der Waals surface area contributed by atoms with Crippen LogP contribution in [0.5, 0.6) is 0 Å². The number of nitrogens with two attached hydrogens (primary N) is 1. The number of aromatic nitrogens is 2. The van der Waals surface area contributed by atoms with Crippen molar-refractivity contribution in [2.75, 3.05) is 0 Å². The molecule has 0 saturated heterocycles. The first kappa shape index (κ1) is 10.6. The molecule has 2 rings (SSSR count). The molecule has 0 amide bonds. The van der Waals surface area contributed by atoms with E-state index in [-0.39, 0.29) is 0 Å². The molecule has 1 heterocycles. The van der Waals surface area contributed by atoms with E-state index in [2.05, 4.69) is 46.7 Å². The molecule has 3 nitrogen and oxygen atoms in total. The molecule has 0 aliphatic heterocycles. The molecule has 15 heavy (non-hydrogen) atoms. The normalized spacial score (nSPS) is 10.6. The van der Waals surface area contributed by atoms with Gasteiger partial charge in [-0.05, 0) is 52.8 Å². The lowest BCUT2D eigenvalue weighted by atomic mass is 10.1. The maximum absolute atomic E-state index is 5.62. The summed E-state index contributed by atoms with van der Waals surface area (Å²) in [5.74, 6) is 0. The average molecular weight is 313 g/mol. The monoisotopic (exact) mass is 313 g/mol. The summed E-state index contributed by atoms with van der Waals surface area (Å²) in [4.78, 5) is 0. The smallest absolute Gasteiger partial charge is 0.0648 e. The Balaban J connectivity index is 2.42. The molecule has 2 N–H and O–H groups in total. The molecule has 0 radical (unpaired) electrons. The van der Waals surface area contributed by atoms with Gasteiger partial charge in [0.2, 0.25) is 0 Å². The fraction of sp³-hybridized carbons (Fsp3) is 0.182. The quantitative estimate of drug-likeness (QED) is 0.864. The van der Waals surface area contributed by atoms with E-state index >= 15 is 0 Å². The van der Waals surface area contributed by atoms with Crippen molar-refractivity contribution < 1.29 is 0 Å². The third-order valence-corrected chi connectivity index (χ3v) is 2.92. The summed E-state index contributed by atoms with van der Waals surface area (Å²) in [6.07, 6.45) is 3.84. The predicted molar refractivity (Wildman–Crippen MR) is 68.9 cm³/mol. The number of rotatable bonds is 2. The Labute approximate surface area is 102 Å². The van der Waals surface area contributed by atoms with Gasteiger partial charge in [-0.1, -0.05) is 6.07 Å². The van der Waals surface area contributed by atoms with Gasteiger partial charge < -0.3 is 5.73 Å². The summed E-state index contributed by atoms with van der Waals surface area (Å²) in [6.45, 7) is 2.66. The van der Waals surface area contributed by atoms with Crippen molar-refractivity contribution in [1.82, 2.24) is 9.78 Å². The van der Waals surface area contributed by atoms with Crippen LogP contribution in [0.4, 0.5) is 0 Å². The first-order valence-corrected chi connectivity index (χ1v) is 5.78. The van der Waals surface area contributed by atoms with Crippen LogP contribution in [0.1, 0.15) is 11.1 Å². The summed E-state index contributed by atoms with van der Waals surface area (Å²) in [7, 11) is 0. The molecule has 0 fully saturated rings. The molecule has 0 bridgehead atoms. The summed E-state index contributed by atoms with van der Waals surface area (Å²) in [5.41, 5.74) is 9.09. The second-order valence-corrected chi connectivity index (χ2v) is 4.66. The maximum Gasteiger partial charge on any atom is 0.0648 e. The van der Waals surface area contributed by atoms with Crippen LogP contribution in [0.15, 0.2) is 30.6 Å². The van der Waals surface area contributed by atoms with Gasteiger partial charge in [0, 0.05) is 12.7 Å². The Morgan fingerprint density at radius 1 is 1.47 bits per heavy atom. The van der Waals surface area contributed by atoms with Crippen molar-refractivity contribution in [2.24, 2.45) is 5.73 Å². The summed E-state index contributed by atoms with van der Waals surface area (Å²) >= 11 is 2.25. The number of benzene rings is 1. The number of halogens is 1. The Morgan fingerprint density at radius 3 is 2.80 bits per heavy atom. The minimum absolute atomic E-state index is 0.586. The number of hydrogen-bond acceptors (Lipinski definition) is 2. The van der Waals surface area contributed by atoms with Gasteiger partial charge >= 0.3 is 0 Å². The van der Waals surface area contributed by atoms with E-state index < -0.39 is 0 Å². The highest BCUT2D eigenvalue weighted by atomic mass is 127. The molecule has 1 aromatic carbocycles. The van der Waals surface area contributed by atoms with Crippen molar-refractivity contribution in [3.63, 3.8) is 0 Å². The Bertz CT molecular complexity index is 476. The molecule has 0 aliphatic carbocycles. The van der Waals surface area contributed by atoms with Crippen LogP contribution >= 0.6 is 22.6 Å². The Morgan fingerprint density at radius 2 is 2.27 bits per heavy atom. The average Bonchev–Trinajstić information content (AvgIpc) is 2.65. The van der Waals surface area contributed by atoms with Gasteiger partial charge in [-0.25, -0.2) is 4.68 Å². The third kappa shape index (κ3) is 2.21. The van der Waals surface area contributed by atoms with Crippen molar-refractivity contribution in [1.29, 1.82) is 0 Å². The second kappa shape index (κ2) is 4.32. The van der Waals surface area contributed by atoms with Gasteiger partial charge in [0.25, 0.3) is 0 Å². The highest BCUT2D eigenvalue weighted by Crippen LogP contribution is 2.14. The third-order valence-electron chi connectivity index (χ3n) is 2.36. The second-order valence-electron chi connectivity index (χ2n) is 3.42. The topological polar surface area (TPSA) is 43.8 Å². The molecule has 0 unspecified atom stereocenters. The first-order chi connectivity index (χ1) is 7.20. The van der Waals surface area contributed by atoms with Crippen molar-refractivity contribution in [3.05, 3.63) is 45.3 Å². The van der Waals surface area contributed by atoms with Crippen LogP contribution in [-0.4, -0.2) is 9.78 Å². The maximum atomic E-state index is 5.62. The van der Waals surface area contributed by atoms with Crippen molar-refractivity contribution in [3.8, 4) is 5.69 Å². The number of nitrogens with zero attached hydrogens (tertiary/aromatic N) is 2. The van der Waals surface area contributed by atoms with Gasteiger partial charge in [-0.2, -0.15) is 5.10 Å². The molecule has 0 atom stereocenters. The highest BCUT2D eigenvalue weighted by Gasteiger charge is 2.01. The molecule has 4 heteroatoms. The molecular weight excluding hydrogens is 301 g/mol. The lowest BCUT2D eigenvalue weighted by Gasteiger charge is -2.06. The fourth-order valence-corrected chi connectivity index (χ4v) is 1.88. The van der Waals surface area contributed by atoms with E-state index in [1.54, 1.807) is 0 Å². The molecule has 0 spiro atoms. The van der Waals surface area contributed by atoms with Crippen LogP contribution in [0, 0.1) is 10.5 Å². The summed E-state index contributed by atoms with van der Waals surface area (Å²) in [5, 5.41) is 4.26. The summed E-state index contributed by atoms with van der Waals surface area (Å²) < 4.78 is 3.00. The van der Waals surface area contributed by atoms with Crippen LogP contribution in [-0.2, 0) is 6.54 Å². The number of aryl methyl sites for hydroxylation is 1. The zero-order valence-corrected chi connectivity index (χ0v) is 10.6. The minimum atomic E-state index is 0.586. The van der Waals surface area contributed by atoms with E-state index in [0.29, 0.717) is 6.54 Å². The molecule has 1 aromatic heterocycles.